The Balaban J connectivity index is 2.00. The van der Waals surface area contributed by atoms with Gasteiger partial charge in [-0.05, 0) is 36.8 Å². The topological polar surface area (TPSA) is 48.4 Å². The Morgan fingerprint density at radius 1 is 1.17 bits per heavy atom. The minimum absolute atomic E-state index is 0.170. The van der Waals surface area contributed by atoms with Crippen molar-refractivity contribution in [2.45, 2.75) is 13.5 Å². The van der Waals surface area contributed by atoms with E-state index in [1.54, 1.807) is 18.2 Å². The number of nitrogens with zero attached hydrogens (tertiary/aromatic N) is 1. The molecule has 0 bridgehead atoms. The molecule has 1 aromatic heterocycles. The summed E-state index contributed by atoms with van der Waals surface area (Å²) in [6, 6.07) is 13.4. The summed E-state index contributed by atoms with van der Waals surface area (Å²) in [5.74, 6) is -0.344. The fraction of sp³-hybridized carbons (Fsp3) is 0.158. The lowest BCUT2D eigenvalue weighted by Crippen LogP contribution is -2.06. The van der Waals surface area contributed by atoms with Crippen LogP contribution in [0.1, 0.15) is 21.6 Å². The maximum Gasteiger partial charge on any atom is 0.356 e. The lowest BCUT2D eigenvalue weighted by molar-refractivity contribution is 0.0594. The monoisotopic (exact) mass is 325 g/mol. The second-order valence-corrected chi connectivity index (χ2v) is 5.44. The van der Waals surface area contributed by atoms with E-state index in [-0.39, 0.29) is 18.1 Å². The molecule has 1 heterocycles. The van der Waals surface area contributed by atoms with Crippen LogP contribution in [-0.4, -0.2) is 18.1 Å². The maximum atomic E-state index is 13.3. The van der Waals surface area contributed by atoms with Crippen LogP contribution >= 0.6 is 0 Å². The quantitative estimate of drug-likeness (QED) is 0.679. The number of benzene rings is 2. The van der Waals surface area contributed by atoms with Crippen LogP contribution in [0.3, 0.4) is 0 Å². The molecule has 3 aromatic rings. The summed E-state index contributed by atoms with van der Waals surface area (Å²) in [5, 5.41) is 0.791. The third-order valence-corrected chi connectivity index (χ3v) is 3.60. The summed E-state index contributed by atoms with van der Waals surface area (Å²) in [6.07, 6.45) is 0. The van der Waals surface area contributed by atoms with Crippen LogP contribution in [-0.2, 0) is 11.3 Å². The first kappa shape index (κ1) is 15.9. The van der Waals surface area contributed by atoms with Gasteiger partial charge in [0.25, 0.3) is 0 Å². The minimum Gasteiger partial charge on any atom is -0.488 e. The number of fused-ring (bicyclic) bond motifs is 1. The molecule has 0 saturated heterocycles. The molecule has 0 unspecified atom stereocenters. The van der Waals surface area contributed by atoms with Crippen molar-refractivity contribution in [3.63, 3.8) is 0 Å². The van der Waals surface area contributed by atoms with Crippen LogP contribution in [0, 0.1) is 12.7 Å². The molecule has 0 spiro atoms. The van der Waals surface area contributed by atoms with Gasteiger partial charge in [-0.25, -0.2) is 14.2 Å². The van der Waals surface area contributed by atoms with Crippen molar-refractivity contribution in [2.24, 2.45) is 0 Å². The Morgan fingerprint density at radius 2 is 2.00 bits per heavy atom. The number of aromatic nitrogens is 1. The lowest BCUT2D eigenvalue weighted by Gasteiger charge is -2.11. The summed E-state index contributed by atoms with van der Waals surface area (Å²) < 4.78 is 23.9. The largest absolute Gasteiger partial charge is 0.488 e. The number of halogens is 1. The van der Waals surface area contributed by atoms with E-state index in [4.69, 9.17) is 9.47 Å². The highest BCUT2D eigenvalue weighted by molar-refractivity contribution is 5.94. The number of pyridine rings is 1. The third-order valence-electron chi connectivity index (χ3n) is 3.60. The fourth-order valence-corrected chi connectivity index (χ4v) is 2.43. The highest BCUT2D eigenvalue weighted by Gasteiger charge is 2.13. The molecule has 0 saturated carbocycles. The van der Waals surface area contributed by atoms with Gasteiger partial charge in [0.15, 0.2) is 5.69 Å². The first-order chi connectivity index (χ1) is 11.6. The molecule has 0 atom stereocenters. The van der Waals surface area contributed by atoms with Crippen molar-refractivity contribution >= 4 is 16.9 Å². The average Bonchev–Trinajstić information content (AvgIpc) is 2.59. The number of hydrogen-bond acceptors (Lipinski definition) is 4. The van der Waals surface area contributed by atoms with Gasteiger partial charge in [0.05, 0.1) is 12.6 Å². The van der Waals surface area contributed by atoms with Gasteiger partial charge in [-0.2, -0.15) is 0 Å². The first-order valence-corrected chi connectivity index (χ1v) is 7.44. The second-order valence-electron chi connectivity index (χ2n) is 5.44. The van der Waals surface area contributed by atoms with Crippen molar-refractivity contribution < 1.29 is 18.7 Å². The number of carbonyl (C=O) groups is 1. The Bertz CT molecular complexity index is 908. The SMILES string of the molecule is COC(=O)c1cc(OCc2cccc(F)c2)c2cc(C)ccc2n1. The van der Waals surface area contributed by atoms with E-state index in [1.165, 1.54) is 19.2 Å². The van der Waals surface area contributed by atoms with Crippen molar-refractivity contribution in [3.8, 4) is 5.75 Å². The molecule has 0 radical (unpaired) electrons. The molecular weight excluding hydrogens is 309 g/mol. The number of methoxy groups -OCH3 is 1. The van der Waals surface area contributed by atoms with Gasteiger partial charge in [-0.15, -0.1) is 0 Å². The van der Waals surface area contributed by atoms with Gasteiger partial charge in [-0.3, -0.25) is 0 Å². The Morgan fingerprint density at radius 3 is 2.75 bits per heavy atom. The minimum atomic E-state index is -0.534. The predicted molar refractivity (Wildman–Crippen MR) is 88.6 cm³/mol. The number of rotatable bonds is 4. The van der Waals surface area contributed by atoms with Crippen molar-refractivity contribution in [3.05, 3.63) is 71.2 Å². The molecule has 0 amide bonds. The van der Waals surface area contributed by atoms with E-state index in [2.05, 4.69) is 4.98 Å². The van der Waals surface area contributed by atoms with Crippen LogP contribution in [0.5, 0.6) is 5.75 Å². The van der Waals surface area contributed by atoms with Crippen LogP contribution in [0.2, 0.25) is 0 Å². The zero-order chi connectivity index (χ0) is 17.1. The number of hydrogen-bond donors (Lipinski definition) is 0. The lowest BCUT2D eigenvalue weighted by atomic mass is 10.1. The first-order valence-electron chi connectivity index (χ1n) is 7.44. The number of carbonyl (C=O) groups excluding carboxylic acids is 1. The average molecular weight is 325 g/mol. The van der Waals surface area contributed by atoms with E-state index in [9.17, 15) is 9.18 Å². The molecular formula is C19H16FNO3. The third kappa shape index (κ3) is 3.35. The molecule has 0 fully saturated rings. The molecule has 24 heavy (non-hydrogen) atoms. The Labute approximate surface area is 138 Å². The van der Waals surface area contributed by atoms with E-state index in [0.29, 0.717) is 16.8 Å². The van der Waals surface area contributed by atoms with Crippen LogP contribution in [0.4, 0.5) is 4.39 Å². The highest BCUT2D eigenvalue weighted by Crippen LogP contribution is 2.27. The second kappa shape index (κ2) is 6.66. The normalized spacial score (nSPS) is 10.6. The van der Waals surface area contributed by atoms with Gasteiger partial charge in [-0.1, -0.05) is 23.8 Å². The summed E-state index contributed by atoms with van der Waals surface area (Å²) in [5.41, 5.74) is 2.55. The van der Waals surface area contributed by atoms with Gasteiger partial charge < -0.3 is 9.47 Å². The fourth-order valence-electron chi connectivity index (χ4n) is 2.43. The zero-order valence-corrected chi connectivity index (χ0v) is 13.4. The van der Waals surface area contributed by atoms with E-state index in [0.717, 1.165) is 10.9 Å². The standard InChI is InChI=1S/C19H16FNO3/c1-12-6-7-16-15(8-12)18(10-17(21-16)19(22)23-2)24-11-13-4-3-5-14(20)9-13/h3-10H,11H2,1-2H3. The van der Waals surface area contributed by atoms with Gasteiger partial charge in [0.2, 0.25) is 0 Å². The van der Waals surface area contributed by atoms with Gasteiger partial charge in [0.1, 0.15) is 18.2 Å². The summed E-state index contributed by atoms with van der Waals surface area (Å²) in [4.78, 5) is 16.1. The van der Waals surface area contributed by atoms with Crippen LogP contribution < -0.4 is 4.74 Å². The summed E-state index contributed by atoms with van der Waals surface area (Å²) in [7, 11) is 1.30. The van der Waals surface area contributed by atoms with Crippen LogP contribution in [0.25, 0.3) is 10.9 Å². The van der Waals surface area contributed by atoms with Gasteiger partial charge in [0, 0.05) is 11.5 Å². The molecule has 0 aliphatic heterocycles. The van der Waals surface area contributed by atoms with Gasteiger partial charge >= 0.3 is 5.97 Å². The molecule has 0 aliphatic carbocycles. The molecule has 122 valence electrons. The highest BCUT2D eigenvalue weighted by atomic mass is 19.1. The molecule has 3 rings (SSSR count). The smallest absolute Gasteiger partial charge is 0.356 e. The Hall–Kier alpha value is -2.95. The molecule has 2 aromatic carbocycles. The summed E-state index contributed by atoms with van der Waals surface area (Å²) >= 11 is 0. The van der Waals surface area contributed by atoms with E-state index in [1.807, 2.05) is 25.1 Å². The van der Waals surface area contributed by atoms with Crippen LogP contribution in [0.15, 0.2) is 48.5 Å². The molecule has 4 nitrogen and oxygen atoms in total. The summed E-state index contributed by atoms with van der Waals surface area (Å²) in [6.45, 7) is 2.15. The van der Waals surface area contributed by atoms with Crippen molar-refractivity contribution in [2.75, 3.05) is 7.11 Å². The molecule has 0 N–H and O–H groups in total. The van der Waals surface area contributed by atoms with Crippen molar-refractivity contribution in [1.29, 1.82) is 0 Å². The molecule has 5 heteroatoms. The predicted octanol–water partition coefficient (Wildman–Crippen LogP) is 4.05. The number of aryl methyl sites for hydroxylation is 1. The zero-order valence-electron chi connectivity index (χ0n) is 13.4. The maximum absolute atomic E-state index is 13.3. The molecule has 0 aliphatic rings. The number of ether oxygens (including phenoxy) is 2. The van der Waals surface area contributed by atoms with E-state index < -0.39 is 5.97 Å². The van der Waals surface area contributed by atoms with Crippen molar-refractivity contribution in [1.82, 2.24) is 4.98 Å². The number of esters is 1. The van der Waals surface area contributed by atoms with E-state index >= 15 is 0 Å². The Kier molecular flexibility index (Phi) is 4.42.